The van der Waals surface area contributed by atoms with Gasteiger partial charge in [-0.05, 0) is 37.4 Å². The van der Waals surface area contributed by atoms with Gasteiger partial charge in [0.1, 0.15) is 0 Å². The summed E-state index contributed by atoms with van der Waals surface area (Å²) in [5, 5.41) is 3.09. The minimum absolute atomic E-state index is 0.0160. The number of anilines is 1. The van der Waals surface area contributed by atoms with E-state index >= 15 is 0 Å². The second-order valence-electron chi connectivity index (χ2n) is 7.17. The summed E-state index contributed by atoms with van der Waals surface area (Å²) in [6.07, 6.45) is 4.94. The molecule has 138 valence electrons. The van der Waals surface area contributed by atoms with Crippen molar-refractivity contribution in [2.24, 2.45) is 17.6 Å². The van der Waals surface area contributed by atoms with Crippen LogP contribution in [0.5, 0.6) is 0 Å². The van der Waals surface area contributed by atoms with Crippen molar-refractivity contribution < 1.29 is 9.59 Å². The zero-order chi connectivity index (χ0) is 18.2. The Hall–Kier alpha value is -1.88. The maximum absolute atomic E-state index is 12.4. The minimum atomic E-state index is -0.212. The van der Waals surface area contributed by atoms with E-state index in [4.69, 9.17) is 5.73 Å². The van der Waals surface area contributed by atoms with Crippen LogP contribution in [0.2, 0.25) is 0 Å². The van der Waals surface area contributed by atoms with E-state index in [1.54, 1.807) is 0 Å². The van der Waals surface area contributed by atoms with Crippen LogP contribution >= 0.6 is 0 Å². The molecule has 1 heterocycles. The van der Waals surface area contributed by atoms with Crippen LogP contribution in [0.3, 0.4) is 0 Å². The van der Waals surface area contributed by atoms with Crippen molar-refractivity contribution >= 4 is 17.5 Å². The van der Waals surface area contributed by atoms with Crippen LogP contribution in [-0.2, 0) is 16.1 Å². The molecule has 5 heteroatoms. The molecule has 0 spiro atoms. The molecule has 0 aromatic heterocycles. The predicted molar refractivity (Wildman–Crippen MR) is 101 cm³/mol. The van der Waals surface area contributed by atoms with E-state index in [9.17, 15) is 9.59 Å². The standard InChI is InChI=1S/C20H31N3O2/c1-3-4-8-15(2)20(25)22-18-11-6-5-9-16(18)13-23-12-7-10-17(14-23)19(21)24/h5-6,9,11,15,17H,3-4,7-8,10,12-14H2,1-2H3,(H2,21,24)(H,22,25)/t15-,17+/m1/s1. The molecule has 1 fully saturated rings. The van der Waals surface area contributed by atoms with Gasteiger partial charge in [-0.15, -0.1) is 0 Å². The van der Waals surface area contributed by atoms with Crippen molar-refractivity contribution in [2.75, 3.05) is 18.4 Å². The van der Waals surface area contributed by atoms with Gasteiger partial charge in [-0.1, -0.05) is 44.9 Å². The molecule has 1 saturated heterocycles. The van der Waals surface area contributed by atoms with Gasteiger partial charge in [-0.3, -0.25) is 14.5 Å². The van der Waals surface area contributed by atoms with Gasteiger partial charge in [0.2, 0.25) is 11.8 Å². The Morgan fingerprint density at radius 1 is 1.36 bits per heavy atom. The monoisotopic (exact) mass is 345 g/mol. The highest BCUT2D eigenvalue weighted by Gasteiger charge is 2.24. The third kappa shape index (κ3) is 5.85. The van der Waals surface area contributed by atoms with Crippen LogP contribution in [-0.4, -0.2) is 29.8 Å². The number of carbonyl (C=O) groups is 2. The van der Waals surface area contributed by atoms with Crippen molar-refractivity contribution in [3.8, 4) is 0 Å². The number of unbranched alkanes of at least 4 members (excludes halogenated alkanes) is 1. The second-order valence-corrected chi connectivity index (χ2v) is 7.17. The molecule has 2 amide bonds. The molecule has 0 bridgehead atoms. The summed E-state index contributed by atoms with van der Waals surface area (Å²) in [7, 11) is 0. The summed E-state index contributed by atoms with van der Waals surface area (Å²) in [6, 6.07) is 7.93. The Labute approximate surface area is 151 Å². The van der Waals surface area contributed by atoms with Crippen molar-refractivity contribution in [3.63, 3.8) is 0 Å². The number of carbonyl (C=O) groups excluding carboxylic acids is 2. The molecule has 0 aliphatic carbocycles. The molecular formula is C20H31N3O2. The third-order valence-electron chi connectivity index (χ3n) is 5.02. The third-order valence-corrected chi connectivity index (χ3v) is 5.02. The molecule has 1 aromatic rings. The number of para-hydroxylation sites is 1. The first-order valence-electron chi connectivity index (χ1n) is 9.41. The molecule has 3 N–H and O–H groups in total. The highest BCUT2D eigenvalue weighted by molar-refractivity contribution is 5.93. The molecule has 1 aliphatic heterocycles. The highest BCUT2D eigenvalue weighted by atomic mass is 16.2. The highest BCUT2D eigenvalue weighted by Crippen LogP contribution is 2.23. The molecule has 1 aliphatic rings. The van der Waals surface area contributed by atoms with Crippen LogP contribution in [0.1, 0.15) is 51.5 Å². The lowest BCUT2D eigenvalue weighted by atomic mass is 9.97. The fourth-order valence-electron chi connectivity index (χ4n) is 3.35. The average molecular weight is 345 g/mol. The van der Waals surface area contributed by atoms with E-state index in [1.165, 1.54) is 0 Å². The maximum atomic E-state index is 12.4. The number of hydrogen-bond donors (Lipinski definition) is 2. The summed E-state index contributed by atoms with van der Waals surface area (Å²) in [5.74, 6) is -0.183. The molecule has 2 atom stereocenters. The van der Waals surface area contributed by atoms with Crippen LogP contribution in [0.25, 0.3) is 0 Å². The predicted octanol–water partition coefficient (Wildman–Crippen LogP) is 3.15. The van der Waals surface area contributed by atoms with E-state index in [-0.39, 0.29) is 23.7 Å². The van der Waals surface area contributed by atoms with Gasteiger partial charge in [-0.25, -0.2) is 0 Å². The summed E-state index contributed by atoms with van der Waals surface area (Å²) in [4.78, 5) is 26.1. The van der Waals surface area contributed by atoms with Crippen LogP contribution in [0.15, 0.2) is 24.3 Å². The SMILES string of the molecule is CCCC[C@@H](C)C(=O)Nc1ccccc1CN1CCC[C@H](C(N)=O)C1. The Bertz CT molecular complexity index is 588. The van der Waals surface area contributed by atoms with Gasteiger partial charge >= 0.3 is 0 Å². The Morgan fingerprint density at radius 3 is 2.84 bits per heavy atom. The van der Waals surface area contributed by atoms with Gasteiger partial charge in [0.15, 0.2) is 0 Å². The number of nitrogens with one attached hydrogen (secondary N) is 1. The van der Waals surface area contributed by atoms with Gasteiger partial charge in [0, 0.05) is 24.7 Å². The lowest BCUT2D eigenvalue weighted by Gasteiger charge is -2.31. The average Bonchev–Trinajstić information content (AvgIpc) is 2.61. The number of likely N-dealkylation sites (tertiary alicyclic amines) is 1. The summed E-state index contributed by atoms with van der Waals surface area (Å²) in [5.41, 5.74) is 7.43. The zero-order valence-electron chi connectivity index (χ0n) is 15.5. The minimum Gasteiger partial charge on any atom is -0.369 e. The number of hydrogen-bond acceptors (Lipinski definition) is 3. The first-order valence-corrected chi connectivity index (χ1v) is 9.41. The number of amides is 2. The number of primary amides is 1. The number of benzene rings is 1. The zero-order valence-corrected chi connectivity index (χ0v) is 15.5. The smallest absolute Gasteiger partial charge is 0.227 e. The number of nitrogens with zero attached hydrogens (tertiary/aromatic N) is 1. The molecule has 0 unspecified atom stereocenters. The van der Waals surface area contributed by atoms with E-state index in [2.05, 4.69) is 17.1 Å². The number of nitrogens with two attached hydrogens (primary N) is 1. The Morgan fingerprint density at radius 2 is 2.12 bits per heavy atom. The first-order chi connectivity index (χ1) is 12.0. The van der Waals surface area contributed by atoms with Crippen LogP contribution in [0.4, 0.5) is 5.69 Å². The largest absolute Gasteiger partial charge is 0.369 e. The molecule has 2 rings (SSSR count). The molecule has 0 radical (unpaired) electrons. The fraction of sp³-hybridized carbons (Fsp3) is 0.600. The van der Waals surface area contributed by atoms with E-state index < -0.39 is 0 Å². The summed E-state index contributed by atoms with van der Waals surface area (Å²) >= 11 is 0. The Kier molecular flexibility index (Phi) is 7.44. The van der Waals surface area contributed by atoms with Crippen molar-refractivity contribution in [2.45, 2.75) is 52.5 Å². The van der Waals surface area contributed by atoms with Gasteiger partial charge in [0.05, 0.1) is 5.92 Å². The van der Waals surface area contributed by atoms with E-state index in [0.29, 0.717) is 6.54 Å². The lowest BCUT2D eigenvalue weighted by molar-refractivity contribution is -0.123. The maximum Gasteiger partial charge on any atom is 0.227 e. The lowest BCUT2D eigenvalue weighted by Crippen LogP contribution is -2.40. The van der Waals surface area contributed by atoms with Crippen molar-refractivity contribution in [1.82, 2.24) is 4.90 Å². The van der Waals surface area contributed by atoms with Crippen molar-refractivity contribution in [1.29, 1.82) is 0 Å². The van der Waals surface area contributed by atoms with E-state index in [1.807, 2.05) is 31.2 Å². The molecular weight excluding hydrogens is 314 g/mol. The topological polar surface area (TPSA) is 75.4 Å². The Balaban J connectivity index is 2.00. The van der Waals surface area contributed by atoms with Crippen LogP contribution < -0.4 is 11.1 Å². The first kappa shape index (κ1) is 19.4. The van der Waals surface area contributed by atoms with E-state index in [0.717, 1.165) is 56.4 Å². The van der Waals surface area contributed by atoms with Gasteiger partial charge in [0.25, 0.3) is 0 Å². The fourth-order valence-corrected chi connectivity index (χ4v) is 3.35. The summed E-state index contributed by atoms with van der Waals surface area (Å²) in [6.45, 7) is 6.50. The molecule has 5 nitrogen and oxygen atoms in total. The quantitative estimate of drug-likeness (QED) is 0.760. The van der Waals surface area contributed by atoms with Gasteiger partial charge in [-0.2, -0.15) is 0 Å². The molecule has 0 saturated carbocycles. The normalized spacial score (nSPS) is 19.4. The molecule has 25 heavy (non-hydrogen) atoms. The molecule has 1 aromatic carbocycles. The van der Waals surface area contributed by atoms with Gasteiger partial charge < -0.3 is 11.1 Å². The van der Waals surface area contributed by atoms with Crippen LogP contribution in [0, 0.1) is 11.8 Å². The number of piperidine rings is 1. The summed E-state index contributed by atoms with van der Waals surface area (Å²) < 4.78 is 0. The second kappa shape index (κ2) is 9.56. The van der Waals surface area contributed by atoms with Crippen molar-refractivity contribution in [3.05, 3.63) is 29.8 Å². The number of rotatable bonds is 8.